The Bertz CT molecular complexity index is 469. The Morgan fingerprint density at radius 3 is 2.77 bits per heavy atom. The number of ether oxygens (including phenoxy) is 2. The van der Waals surface area contributed by atoms with E-state index in [9.17, 15) is 9.59 Å². The molecule has 1 fully saturated rings. The van der Waals surface area contributed by atoms with Crippen molar-refractivity contribution in [1.29, 1.82) is 0 Å². The summed E-state index contributed by atoms with van der Waals surface area (Å²) >= 11 is 0. The molecule has 2 unspecified atom stereocenters. The topological polar surface area (TPSA) is 55.8 Å². The average Bonchev–Trinajstić information content (AvgIpc) is 2.68. The van der Waals surface area contributed by atoms with E-state index in [4.69, 9.17) is 9.47 Å². The van der Waals surface area contributed by atoms with Crippen LogP contribution in [0.2, 0.25) is 0 Å². The summed E-state index contributed by atoms with van der Waals surface area (Å²) in [4.78, 5) is 26.6. The van der Waals surface area contributed by atoms with Crippen LogP contribution < -0.4 is 0 Å². The molecule has 2 aliphatic rings. The van der Waals surface area contributed by atoms with Crippen LogP contribution in [0.25, 0.3) is 0 Å². The lowest BCUT2D eigenvalue weighted by molar-refractivity contribution is -0.164. The molecular formula is C17H27NO4. The van der Waals surface area contributed by atoms with Crippen molar-refractivity contribution >= 4 is 11.9 Å². The molecule has 0 spiro atoms. The number of esters is 1. The molecule has 0 aromatic heterocycles. The molecule has 0 bridgehead atoms. The second-order valence-electron chi connectivity index (χ2n) is 7.08. The predicted molar refractivity (Wildman–Crippen MR) is 83.2 cm³/mol. The van der Waals surface area contributed by atoms with Gasteiger partial charge in [0.25, 0.3) is 5.91 Å². The van der Waals surface area contributed by atoms with Crippen LogP contribution in [-0.2, 0) is 19.1 Å². The zero-order chi connectivity index (χ0) is 16.3. The number of hydrogen-bond donors (Lipinski definition) is 0. The van der Waals surface area contributed by atoms with E-state index < -0.39 is 6.10 Å². The maximum Gasteiger partial charge on any atom is 0.310 e. The number of amides is 1. The Kier molecular flexibility index (Phi) is 5.27. The molecule has 2 atom stereocenters. The Balaban J connectivity index is 1.98. The van der Waals surface area contributed by atoms with Crippen LogP contribution >= 0.6 is 0 Å². The second kappa shape index (κ2) is 6.82. The van der Waals surface area contributed by atoms with Gasteiger partial charge in [-0.3, -0.25) is 9.59 Å². The van der Waals surface area contributed by atoms with Crippen LogP contribution in [-0.4, -0.2) is 49.7 Å². The molecule has 1 saturated heterocycles. The Morgan fingerprint density at radius 1 is 1.45 bits per heavy atom. The van der Waals surface area contributed by atoms with E-state index >= 15 is 0 Å². The molecule has 0 N–H and O–H groups in total. The van der Waals surface area contributed by atoms with Crippen LogP contribution in [0.4, 0.5) is 0 Å². The number of carbonyl (C=O) groups excluding carboxylic acids is 2. The highest BCUT2D eigenvalue weighted by Gasteiger charge is 2.49. The standard InChI is InChI=1S/C17H27NO4/c1-12-5-7-13(8-6-12)16(20)22-14-15(19)18(9-10-21-4)11-17(14,2)3/h5,13-14H,6-11H2,1-4H3. The first-order chi connectivity index (χ1) is 10.3. The Hall–Kier alpha value is -1.36. The summed E-state index contributed by atoms with van der Waals surface area (Å²) in [6, 6.07) is 0. The smallest absolute Gasteiger partial charge is 0.310 e. The fraction of sp³-hybridized carbons (Fsp3) is 0.765. The number of rotatable bonds is 5. The molecule has 0 saturated carbocycles. The molecule has 1 aliphatic heterocycles. The van der Waals surface area contributed by atoms with Gasteiger partial charge in [0.2, 0.25) is 0 Å². The van der Waals surface area contributed by atoms with E-state index in [2.05, 4.69) is 13.0 Å². The van der Waals surface area contributed by atoms with Crippen LogP contribution in [0.5, 0.6) is 0 Å². The fourth-order valence-electron chi connectivity index (χ4n) is 3.15. The van der Waals surface area contributed by atoms with Gasteiger partial charge in [-0.15, -0.1) is 0 Å². The van der Waals surface area contributed by atoms with Crippen molar-refractivity contribution in [3.8, 4) is 0 Å². The quantitative estimate of drug-likeness (QED) is 0.577. The third kappa shape index (κ3) is 3.69. The first kappa shape index (κ1) is 17.0. The van der Waals surface area contributed by atoms with Gasteiger partial charge in [-0.05, 0) is 26.2 Å². The van der Waals surface area contributed by atoms with Crippen LogP contribution in [0.3, 0.4) is 0 Å². The lowest BCUT2D eigenvalue weighted by Crippen LogP contribution is -2.38. The molecule has 5 heteroatoms. The third-order valence-corrected chi connectivity index (χ3v) is 4.61. The van der Waals surface area contributed by atoms with Gasteiger partial charge >= 0.3 is 5.97 Å². The minimum Gasteiger partial charge on any atom is -0.451 e. The summed E-state index contributed by atoms with van der Waals surface area (Å²) in [6.07, 6.45) is 3.89. The summed E-state index contributed by atoms with van der Waals surface area (Å²) in [5.74, 6) is -0.443. The molecule has 22 heavy (non-hydrogen) atoms. The zero-order valence-electron chi connectivity index (χ0n) is 14.1. The van der Waals surface area contributed by atoms with E-state index in [1.165, 1.54) is 5.57 Å². The number of nitrogens with zero attached hydrogens (tertiary/aromatic N) is 1. The Labute approximate surface area is 132 Å². The molecule has 2 rings (SSSR count). The monoisotopic (exact) mass is 309 g/mol. The maximum absolute atomic E-state index is 12.5. The van der Waals surface area contributed by atoms with Crippen molar-refractivity contribution in [3.05, 3.63) is 11.6 Å². The van der Waals surface area contributed by atoms with Gasteiger partial charge in [-0.2, -0.15) is 0 Å². The maximum atomic E-state index is 12.5. The van der Waals surface area contributed by atoms with Gasteiger partial charge in [0, 0.05) is 25.6 Å². The van der Waals surface area contributed by atoms with Gasteiger partial charge in [0.1, 0.15) is 0 Å². The summed E-state index contributed by atoms with van der Waals surface area (Å²) in [5.41, 5.74) is 0.966. The summed E-state index contributed by atoms with van der Waals surface area (Å²) in [6.45, 7) is 7.66. The SMILES string of the molecule is COCCN1CC(C)(C)C(OC(=O)C2CC=C(C)CC2)C1=O. The highest BCUT2D eigenvalue weighted by molar-refractivity contribution is 5.87. The molecule has 0 aromatic carbocycles. The first-order valence-electron chi connectivity index (χ1n) is 7.99. The lowest BCUT2D eigenvalue weighted by Gasteiger charge is -2.26. The van der Waals surface area contributed by atoms with Crippen LogP contribution in [0, 0.1) is 11.3 Å². The minimum absolute atomic E-state index is 0.0991. The number of hydrogen-bond acceptors (Lipinski definition) is 4. The van der Waals surface area contributed by atoms with E-state index in [1.54, 1.807) is 12.0 Å². The molecule has 0 aromatic rings. The molecule has 0 radical (unpaired) electrons. The first-order valence-corrected chi connectivity index (χ1v) is 7.99. The largest absolute Gasteiger partial charge is 0.451 e. The van der Waals surface area contributed by atoms with Crippen LogP contribution in [0.1, 0.15) is 40.0 Å². The number of methoxy groups -OCH3 is 1. The van der Waals surface area contributed by atoms with Crippen molar-refractivity contribution in [2.75, 3.05) is 26.8 Å². The van der Waals surface area contributed by atoms with Crippen LogP contribution in [0.15, 0.2) is 11.6 Å². The highest BCUT2D eigenvalue weighted by Crippen LogP contribution is 2.34. The van der Waals surface area contributed by atoms with Crippen molar-refractivity contribution in [3.63, 3.8) is 0 Å². The van der Waals surface area contributed by atoms with Gasteiger partial charge in [-0.1, -0.05) is 25.5 Å². The molecule has 124 valence electrons. The number of allylic oxidation sites excluding steroid dienone is 2. The van der Waals surface area contributed by atoms with Gasteiger partial charge in [0.15, 0.2) is 6.10 Å². The lowest BCUT2D eigenvalue weighted by atomic mass is 9.88. The molecular weight excluding hydrogens is 282 g/mol. The predicted octanol–water partition coefficient (Wildman–Crippen LogP) is 2.16. The number of likely N-dealkylation sites (tertiary alicyclic amines) is 1. The van der Waals surface area contributed by atoms with Crippen molar-refractivity contribution in [2.24, 2.45) is 11.3 Å². The molecule has 1 heterocycles. The van der Waals surface area contributed by atoms with E-state index in [1.807, 2.05) is 13.8 Å². The minimum atomic E-state index is -0.677. The van der Waals surface area contributed by atoms with E-state index in [-0.39, 0.29) is 23.2 Å². The van der Waals surface area contributed by atoms with Gasteiger partial charge in [-0.25, -0.2) is 0 Å². The van der Waals surface area contributed by atoms with Crippen molar-refractivity contribution < 1.29 is 19.1 Å². The summed E-state index contributed by atoms with van der Waals surface area (Å²) in [5, 5.41) is 0. The van der Waals surface area contributed by atoms with E-state index in [0.29, 0.717) is 19.7 Å². The van der Waals surface area contributed by atoms with Gasteiger partial charge < -0.3 is 14.4 Å². The summed E-state index contributed by atoms with van der Waals surface area (Å²) in [7, 11) is 1.61. The zero-order valence-corrected chi connectivity index (χ0v) is 14.1. The normalized spacial score (nSPS) is 27.7. The third-order valence-electron chi connectivity index (χ3n) is 4.61. The Morgan fingerprint density at radius 2 is 2.18 bits per heavy atom. The fourth-order valence-corrected chi connectivity index (χ4v) is 3.15. The molecule has 1 amide bonds. The second-order valence-corrected chi connectivity index (χ2v) is 7.08. The average molecular weight is 309 g/mol. The molecule has 1 aliphatic carbocycles. The molecule has 5 nitrogen and oxygen atoms in total. The summed E-state index contributed by atoms with van der Waals surface area (Å²) < 4.78 is 10.7. The van der Waals surface area contributed by atoms with Crippen molar-refractivity contribution in [1.82, 2.24) is 4.90 Å². The highest BCUT2D eigenvalue weighted by atomic mass is 16.6. The van der Waals surface area contributed by atoms with E-state index in [0.717, 1.165) is 19.3 Å². The van der Waals surface area contributed by atoms with Crippen molar-refractivity contribution in [2.45, 2.75) is 46.1 Å². The van der Waals surface area contributed by atoms with Gasteiger partial charge in [0.05, 0.1) is 12.5 Å². The number of carbonyl (C=O) groups is 2.